The number of rotatable bonds is 4. The van der Waals surface area contributed by atoms with Crippen molar-refractivity contribution in [2.45, 2.75) is 43.5 Å². The van der Waals surface area contributed by atoms with Gasteiger partial charge >= 0.3 is 0 Å². The van der Waals surface area contributed by atoms with Crippen molar-refractivity contribution in [1.29, 1.82) is 0 Å². The van der Waals surface area contributed by atoms with E-state index in [1.807, 2.05) is 11.8 Å². The van der Waals surface area contributed by atoms with Gasteiger partial charge in [-0.15, -0.1) is 0 Å². The van der Waals surface area contributed by atoms with Gasteiger partial charge in [0.15, 0.2) is 0 Å². The molecule has 0 spiro atoms. The monoisotopic (exact) mass is 296 g/mol. The summed E-state index contributed by atoms with van der Waals surface area (Å²) in [4.78, 5) is 14.4. The third-order valence-corrected chi connectivity index (χ3v) is 4.73. The molecule has 2 N–H and O–H groups in total. The fourth-order valence-electron chi connectivity index (χ4n) is 2.74. The minimum Gasteiger partial charge on any atom is -0.336 e. The molecule has 1 aromatic carbocycles. The van der Waals surface area contributed by atoms with E-state index in [4.69, 9.17) is 5.14 Å². The normalized spacial score (nSPS) is 16.3. The van der Waals surface area contributed by atoms with Gasteiger partial charge in [0, 0.05) is 18.2 Å². The van der Waals surface area contributed by atoms with E-state index in [0.717, 1.165) is 12.8 Å². The maximum atomic E-state index is 12.5. The maximum Gasteiger partial charge on any atom is 0.254 e. The van der Waals surface area contributed by atoms with Crippen LogP contribution in [0, 0.1) is 0 Å². The number of carbonyl (C=O) groups excluding carboxylic acids is 1. The Labute approximate surface area is 119 Å². The number of sulfonamides is 1. The zero-order valence-corrected chi connectivity index (χ0v) is 12.4. The first-order valence-electron chi connectivity index (χ1n) is 6.87. The van der Waals surface area contributed by atoms with Crippen LogP contribution in [0.5, 0.6) is 0 Å². The van der Waals surface area contributed by atoms with Crippen LogP contribution < -0.4 is 5.14 Å². The average molecular weight is 296 g/mol. The number of carbonyl (C=O) groups is 1. The smallest absolute Gasteiger partial charge is 0.254 e. The fraction of sp³-hybridized carbons (Fsp3) is 0.500. The highest BCUT2D eigenvalue weighted by atomic mass is 32.2. The van der Waals surface area contributed by atoms with Gasteiger partial charge in [0.25, 0.3) is 5.91 Å². The average Bonchev–Trinajstić information content (AvgIpc) is 2.92. The zero-order chi connectivity index (χ0) is 14.8. The summed E-state index contributed by atoms with van der Waals surface area (Å²) >= 11 is 0. The Kier molecular flexibility index (Phi) is 4.45. The molecule has 0 heterocycles. The Morgan fingerprint density at radius 2 is 1.80 bits per heavy atom. The molecule has 1 fully saturated rings. The molecule has 1 aromatic rings. The van der Waals surface area contributed by atoms with Crippen molar-refractivity contribution in [3.8, 4) is 0 Å². The Morgan fingerprint density at radius 1 is 1.25 bits per heavy atom. The molecule has 0 aliphatic heterocycles. The number of nitrogens with zero attached hydrogens (tertiary/aromatic N) is 1. The second-order valence-corrected chi connectivity index (χ2v) is 6.66. The van der Waals surface area contributed by atoms with Crippen molar-refractivity contribution in [3.05, 3.63) is 29.8 Å². The molecule has 0 atom stereocenters. The van der Waals surface area contributed by atoms with Crippen LogP contribution in [0.15, 0.2) is 29.2 Å². The van der Waals surface area contributed by atoms with Crippen molar-refractivity contribution in [2.24, 2.45) is 5.14 Å². The molecule has 5 nitrogen and oxygen atoms in total. The predicted molar refractivity (Wildman–Crippen MR) is 76.8 cm³/mol. The van der Waals surface area contributed by atoms with Gasteiger partial charge in [0.1, 0.15) is 0 Å². The number of hydrogen-bond acceptors (Lipinski definition) is 3. The highest BCUT2D eigenvalue weighted by molar-refractivity contribution is 7.89. The molecule has 1 amide bonds. The minimum atomic E-state index is -3.71. The number of hydrogen-bond donors (Lipinski definition) is 1. The number of amides is 1. The highest BCUT2D eigenvalue weighted by Gasteiger charge is 2.26. The van der Waals surface area contributed by atoms with Crippen LogP contribution in [0.2, 0.25) is 0 Å². The van der Waals surface area contributed by atoms with Crippen LogP contribution in [0.3, 0.4) is 0 Å². The summed E-state index contributed by atoms with van der Waals surface area (Å²) in [6, 6.07) is 6.13. The summed E-state index contributed by atoms with van der Waals surface area (Å²) < 4.78 is 22.4. The standard InChI is InChI=1S/C14H20N2O3S/c1-2-16(12-5-3-4-6-12)14(17)11-7-9-13(10-8-11)20(15,18)19/h7-10,12H,2-6H2,1H3,(H2,15,18,19). The third kappa shape index (κ3) is 3.19. The van der Waals surface area contributed by atoms with Gasteiger partial charge in [-0.05, 0) is 44.0 Å². The molecular weight excluding hydrogens is 276 g/mol. The minimum absolute atomic E-state index is 0.0259. The van der Waals surface area contributed by atoms with E-state index in [0.29, 0.717) is 18.2 Å². The van der Waals surface area contributed by atoms with Gasteiger partial charge < -0.3 is 4.90 Å². The third-order valence-electron chi connectivity index (χ3n) is 3.80. The van der Waals surface area contributed by atoms with E-state index in [9.17, 15) is 13.2 Å². The molecule has 0 bridgehead atoms. The van der Waals surface area contributed by atoms with Crippen LogP contribution in [-0.2, 0) is 10.0 Å². The van der Waals surface area contributed by atoms with E-state index < -0.39 is 10.0 Å². The fourth-order valence-corrected chi connectivity index (χ4v) is 3.25. The SMILES string of the molecule is CCN(C(=O)c1ccc(S(N)(=O)=O)cc1)C1CCCC1. The molecule has 1 saturated carbocycles. The highest BCUT2D eigenvalue weighted by Crippen LogP contribution is 2.25. The lowest BCUT2D eigenvalue weighted by Gasteiger charge is -2.27. The zero-order valence-electron chi connectivity index (χ0n) is 11.6. The Bertz CT molecular complexity index is 575. The van der Waals surface area contributed by atoms with E-state index in [-0.39, 0.29) is 10.8 Å². The van der Waals surface area contributed by atoms with Gasteiger partial charge in [0.05, 0.1) is 4.90 Å². The molecule has 0 aromatic heterocycles. The molecule has 1 aliphatic carbocycles. The van der Waals surface area contributed by atoms with Gasteiger partial charge in [-0.25, -0.2) is 13.6 Å². The van der Waals surface area contributed by atoms with Gasteiger partial charge in [0.2, 0.25) is 10.0 Å². The largest absolute Gasteiger partial charge is 0.336 e. The second-order valence-electron chi connectivity index (χ2n) is 5.10. The summed E-state index contributed by atoms with van der Waals surface area (Å²) in [5.41, 5.74) is 0.506. The first-order chi connectivity index (χ1) is 9.43. The van der Waals surface area contributed by atoms with Crippen molar-refractivity contribution in [3.63, 3.8) is 0 Å². The molecule has 110 valence electrons. The van der Waals surface area contributed by atoms with Crippen molar-refractivity contribution < 1.29 is 13.2 Å². The molecular formula is C14H20N2O3S. The molecule has 6 heteroatoms. The van der Waals surface area contributed by atoms with Crippen molar-refractivity contribution in [2.75, 3.05) is 6.54 Å². The van der Waals surface area contributed by atoms with Gasteiger partial charge in [-0.3, -0.25) is 4.79 Å². The van der Waals surface area contributed by atoms with Crippen LogP contribution in [0.25, 0.3) is 0 Å². The molecule has 1 aliphatic rings. The van der Waals surface area contributed by atoms with E-state index in [2.05, 4.69) is 0 Å². The second kappa shape index (κ2) is 5.93. The number of nitrogens with two attached hydrogens (primary N) is 1. The summed E-state index contributed by atoms with van der Waals surface area (Å²) in [6.07, 6.45) is 4.43. The van der Waals surface area contributed by atoms with Crippen LogP contribution in [0.4, 0.5) is 0 Å². The molecule has 2 rings (SSSR count). The van der Waals surface area contributed by atoms with Crippen LogP contribution >= 0.6 is 0 Å². The molecule has 0 saturated heterocycles. The topological polar surface area (TPSA) is 80.5 Å². The van der Waals surface area contributed by atoms with Crippen LogP contribution in [0.1, 0.15) is 43.0 Å². The Morgan fingerprint density at radius 3 is 2.25 bits per heavy atom. The van der Waals surface area contributed by atoms with Crippen LogP contribution in [-0.4, -0.2) is 31.8 Å². The molecule has 0 unspecified atom stereocenters. The predicted octanol–water partition coefficient (Wildman–Crippen LogP) is 1.74. The van der Waals surface area contributed by atoms with Crippen molar-refractivity contribution >= 4 is 15.9 Å². The van der Waals surface area contributed by atoms with Gasteiger partial charge in [-0.1, -0.05) is 12.8 Å². The Balaban J connectivity index is 2.19. The van der Waals surface area contributed by atoms with Gasteiger partial charge in [-0.2, -0.15) is 0 Å². The Hall–Kier alpha value is -1.40. The van der Waals surface area contributed by atoms with Crippen molar-refractivity contribution in [1.82, 2.24) is 4.90 Å². The van der Waals surface area contributed by atoms with E-state index in [1.54, 1.807) is 0 Å². The molecule has 0 radical (unpaired) electrons. The lowest BCUT2D eigenvalue weighted by Crippen LogP contribution is -2.38. The number of primary sulfonamides is 1. The summed E-state index contributed by atoms with van der Waals surface area (Å²) in [5, 5.41) is 5.05. The number of benzene rings is 1. The first kappa shape index (κ1) is 15.0. The first-order valence-corrected chi connectivity index (χ1v) is 8.42. The summed E-state index contributed by atoms with van der Waals surface area (Å²) in [5.74, 6) is -0.0413. The maximum absolute atomic E-state index is 12.5. The summed E-state index contributed by atoms with van der Waals surface area (Å²) in [6.45, 7) is 2.63. The quantitative estimate of drug-likeness (QED) is 0.919. The van der Waals surface area contributed by atoms with E-state index in [1.165, 1.54) is 37.1 Å². The molecule has 20 heavy (non-hydrogen) atoms. The lowest BCUT2D eigenvalue weighted by molar-refractivity contribution is 0.0693. The lowest BCUT2D eigenvalue weighted by atomic mass is 10.1. The van der Waals surface area contributed by atoms with E-state index >= 15 is 0 Å². The summed E-state index contributed by atoms with van der Waals surface area (Å²) in [7, 11) is -3.71.